The van der Waals surface area contributed by atoms with Crippen LogP contribution in [0.25, 0.3) is 5.78 Å². The highest BCUT2D eigenvalue weighted by molar-refractivity contribution is 5.46. The molecule has 104 valence electrons. The van der Waals surface area contributed by atoms with E-state index in [0.717, 1.165) is 31.0 Å². The van der Waals surface area contributed by atoms with Crippen molar-refractivity contribution in [1.29, 1.82) is 0 Å². The van der Waals surface area contributed by atoms with Gasteiger partial charge in [0.1, 0.15) is 12.1 Å². The van der Waals surface area contributed by atoms with Gasteiger partial charge in [-0.2, -0.15) is 14.6 Å². The van der Waals surface area contributed by atoms with Crippen molar-refractivity contribution in [3.8, 4) is 0 Å². The van der Waals surface area contributed by atoms with Gasteiger partial charge in [-0.15, -0.1) is 0 Å². The van der Waals surface area contributed by atoms with Crippen LogP contribution >= 0.6 is 0 Å². The summed E-state index contributed by atoms with van der Waals surface area (Å²) in [5.41, 5.74) is 0.946. The molecule has 7 nitrogen and oxygen atoms in total. The summed E-state index contributed by atoms with van der Waals surface area (Å²) in [5.74, 6) is 1.65. The minimum Gasteiger partial charge on any atom is -0.359 e. The number of hydrogen-bond acceptors (Lipinski definition) is 5. The number of fused-ring (bicyclic) bond motifs is 1. The minimum absolute atomic E-state index is 0.640. The average Bonchev–Trinajstić information content (AvgIpc) is 3.08. The second-order valence-corrected chi connectivity index (χ2v) is 4.80. The van der Waals surface area contributed by atoms with Crippen molar-refractivity contribution in [3.05, 3.63) is 36.8 Å². The molecule has 3 heterocycles. The minimum atomic E-state index is 0.640. The normalized spacial score (nSPS) is 11.1. The highest BCUT2D eigenvalue weighted by Gasteiger charge is 2.09. The lowest BCUT2D eigenvalue weighted by Crippen LogP contribution is -2.23. The molecular weight excluding hydrogens is 254 g/mol. The molecule has 0 N–H and O–H groups in total. The highest BCUT2D eigenvalue weighted by Crippen LogP contribution is 2.14. The Morgan fingerprint density at radius 2 is 2.25 bits per heavy atom. The SMILES string of the molecule is Cc1cc(N(C)CCCn2ccnc2)n2ncnc2n1. The van der Waals surface area contributed by atoms with Gasteiger partial charge in [0.15, 0.2) is 0 Å². The Labute approximate surface area is 116 Å². The number of nitrogens with zero attached hydrogens (tertiary/aromatic N) is 7. The molecule has 20 heavy (non-hydrogen) atoms. The number of aromatic nitrogens is 6. The van der Waals surface area contributed by atoms with Gasteiger partial charge in [0, 0.05) is 44.3 Å². The monoisotopic (exact) mass is 271 g/mol. The third kappa shape index (κ3) is 2.47. The molecule has 0 atom stereocenters. The molecule has 0 amide bonds. The maximum atomic E-state index is 4.35. The summed E-state index contributed by atoms with van der Waals surface area (Å²) in [5, 5.41) is 4.23. The molecule has 3 aromatic rings. The Kier molecular flexibility index (Phi) is 3.32. The van der Waals surface area contributed by atoms with Gasteiger partial charge in [0.05, 0.1) is 6.33 Å². The first kappa shape index (κ1) is 12.6. The fraction of sp³-hybridized carbons (Fsp3) is 0.385. The summed E-state index contributed by atoms with van der Waals surface area (Å²) in [6.07, 6.45) is 8.18. The van der Waals surface area contributed by atoms with Crippen LogP contribution in [0.3, 0.4) is 0 Å². The predicted molar refractivity (Wildman–Crippen MR) is 75.6 cm³/mol. The Morgan fingerprint density at radius 1 is 1.35 bits per heavy atom. The van der Waals surface area contributed by atoms with Crippen LogP contribution in [-0.2, 0) is 6.54 Å². The Bertz CT molecular complexity index is 686. The van der Waals surface area contributed by atoms with Crippen LogP contribution in [-0.4, -0.2) is 42.7 Å². The second-order valence-electron chi connectivity index (χ2n) is 4.80. The molecule has 0 radical (unpaired) electrons. The molecule has 0 saturated carbocycles. The Balaban J connectivity index is 1.71. The summed E-state index contributed by atoms with van der Waals surface area (Å²) in [6.45, 7) is 3.85. The topological polar surface area (TPSA) is 64.1 Å². The molecule has 0 aliphatic rings. The van der Waals surface area contributed by atoms with Gasteiger partial charge in [0.25, 0.3) is 5.78 Å². The van der Waals surface area contributed by atoms with Crippen LogP contribution in [0, 0.1) is 6.92 Å². The van der Waals surface area contributed by atoms with E-state index >= 15 is 0 Å². The first-order valence-corrected chi connectivity index (χ1v) is 6.58. The van der Waals surface area contributed by atoms with Crippen molar-refractivity contribution in [2.24, 2.45) is 0 Å². The van der Waals surface area contributed by atoms with Crippen LogP contribution in [0.5, 0.6) is 0 Å². The number of imidazole rings is 1. The van der Waals surface area contributed by atoms with E-state index in [2.05, 4.69) is 36.6 Å². The van der Waals surface area contributed by atoms with Crippen LogP contribution in [0.2, 0.25) is 0 Å². The van der Waals surface area contributed by atoms with Gasteiger partial charge >= 0.3 is 0 Å². The van der Waals surface area contributed by atoms with Crippen molar-refractivity contribution in [2.75, 3.05) is 18.5 Å². The van der Waals surface area contributed by atoms with Crippen molar-refractivity contribution in [3.63, 3.8) is 0 Å². The van der Waals surface area contributed by atoms with E-state index in [1.807, 2.05) is 25.5 Å². The van der Waals surface area contributed by atoms with Gasteiger partial charge in [-0.25, -0.2) is 9.97 Å². The molecule has 0 spiro atoms. The summed E-state index contributed by atoms with van der Waals surface area (Å²) in [7, 11) is 2.06. The van der Waals surface area contributed by atoms with Crippen molar-refractivity contribution in [1.82, 2.24) is 29.1 Å². The van der Waals surface area contributed by atoms with Crippen molar-refractivity contribution in [2.45, 2.75) is 19.9 Å². The predicted octanol–water partition coefficient (Wildman–Crippen LogP) is 1.16. The van der Waals surface area contributed by atoms with Gasteiger partial charge < -0.3 is 9.47 Å². The first-order valence-electron chi connectivity index (χ1n) is 6.58. The largest absolute Gasteiger partial charge is 0.359 e. The molecule has 0 bridgehead atoms. The zero-order valence-electron chi connectivity index (χ0n) is 11.6. The zero-order valence-corrected chi connectivity index (χ0v) is 11.6. The molecule has 0 aliphatic carbocycles. The molecule has 0 aromatic carbocycles. The van der Waals surface area contributed by atoms with Gasteiger partial charge in [-0.05, 0) is 13.3 Å². The molecule has 3 rings (SSSR count). The highest BCUT2D eigenvalue weighted by atomic mass is 15.4. The fourth-order valence-corrected chi connectivity index (χ4v) is 2.21. The molecule has 0 fully saturated rings. The van der Waals surface area contributed by atoms with Crippen LogP contribution in [0.1, 0.15) is 12.1 Å². The lowest BCUT2D eigenvalue weighted by atomic mass is 10.3. The maximum absolute atomic E-state index is 4.35. The summed E-state index contributed by atoms with van der Waals surface area (Å²) in [4.78, 5) is 14.7. The molecule has 0 unspecified atom stereocenters. The number of aryl methyl sites for hydroxylation is 2. The van der Waals surface area contributed by atoms with Gasteiger partial charge in [0.2, 0.25) is 0 Å². The molecule has 7 heteroatoms. The quantitative estimate of drug-likeness (QED) is 0.696. The molecule has 0 aliphatic heterocycles. The fourth-order valence-electron chi connectivity index (χ4n) is 2.21. The lowest BCUT2D eigenvalue weighted by molar-refractivity contribution is 0.632. The summed E-state index contributed by atoms with van der Waals surface area (Å²) in [6, 6.07) is 2.03. The van der Waals surface area contributed by atoms with E-state index in [1.165, 1.54) is 6.33 Å². The van der Waals surface area contributed by atoms with Crippen molar-refractivity contribution >= 4 is 11.6 Å². The third-order valence-electron chi connectivity index (χ3n) is 3.22. The average molecular weight is 271 g/mol. The molecule has 3 aromatic heterocycles. The lowest BCUT2D eigenvalue weighted by Gasteiger charge is -2.20. The van der Waals surface area contributed by atoms with Crippen LogP contribution in [0.4, 0.5) is 5.82 Å². The maximum Gasteiger partial charge on any atom is 0.254 e. The van der Waals surface area contributed by atoms with Crippen LogP contribution < -0.4 is 4.90 Å². The summed E-state index contributed by atoms with van der Waals surface area (Å²) >= 11 is 0. The van der Waals surface area contributed by atoms with Gasteiger partial charge in [-0.3, -0.25) is 0 Å². The van der Waals surface area contributed by atoms with E-state index in [1.54, 1.807) is 10.7 Å². The Morgan fingerprint density at radius 3 is 3.05 bits per heavy atom. The van der Waals surface area contributed by atoms with E-state index in [9.17, 15) is 0 Å². The first-order chi connectivity index (χ1) is 9.74. The van der Waals surface area contributed by atoms with Gasteiger partial charge in [-0.1, -0.05) is 0 Å². The second kappa shape index (κ2) is 5.28. The smallest absolute Gasteiger partial charge is 0.254 e. The van der Waals surface area contributed by atoms with E-state index < -0.39 is 0 Å². The molecule has 0 saturated heterocycles. The van der Waals surface area contributed by atoms with E-state index in [0.29, 0.717) is 5.78 Å². The van der Waals surface area contributed by atoms with E-state index in [4.69, 9.17) is 0 Å². The number of hydrogen-bond donors (Lipinski definition) is 0. The molecular formula is C13H17N7. The summed E-state index contributed by atoms with van der Waals surface area (Å²) < 4.78 is 3.85. The Hall–Kier alpha value is -2.44. The number of anilines is 1. The van der Waals surface area contributed by atoms with Crippen molar-refractivity contribution < 1.29 is 0 Å². The van der Waals surface area contributed by atoms with E-state index in [-0.39, 0.29) is 0 Å². The van der Waals surface area contributed by atoms with Crippen LogP contribution in [0.15, 0.2) is 31.1 Å². The third-order valence-corrected chi connectivity index (χ3v) is 3.22. The number of rotatable bonds is 5. The standard InChI is InChI=1S/C13H17N7/c1-11-8-12(20-13(17-11)15-9-16-20)18(2)5-3-6-19-7-4-14-10-19/h4,7-10H,3,5-6H2,1-2H3. The zero-order chi connectivity index (χ0) is 13.9.